The fourth-order valence-electron chi connectivity index (χ4n) is 5.38. The van der Waals surface area contributed by atoms with Crippen molar-refractivity contribution >= 4 is 34.7 Å². The van der Waals surface area contributed by atoms with Crippen molar-refractivity contribution in [3.63, 3.8) is 0 Å². The van der Waals surface area contributed by atoms with E-state index in [4.69, 9.17) is 24.4 Å². The lowest BCUT2D eigenvalue weighted by atomic mass is 9.94. The third kappa shape index (κ3) is 2.67. The highest BCUT2D eigenvalue weighted by atomic mass is 32.1. The zero-order valence-electron chi connectivity index (χ0n) is 12.5. The second-order valence-corrected chi connectivity index (χ2v) is 8.71. The summed E-state index contributed by atoms with van der Waals surface area (Å²) >= 11 is 11.0. The Morgan fingerprint density at radius 2 is 1.10 bits per heavy atom. The standard InChI is InChI=1S/C16H25N3S2/c20-13(18-15-5-1-11(9-15)2-6-15)17-14(21)19-16-7-3-12(10-16)4-8-16/h11-12H,1-10H2,(H3,17,18,19,20,21). The molecule has 0 aromatic rings. The highest BCUT2D eigenvalue weighted by Gasteiger charge is 2.46. The van der Waals surface area contributed by atoms with Crippen molar-refractivity contribution in [2.45, 2.75) is 75.3 Å². The van der Waals surface area contributed by atoms with E-state index in [1.807, 2.05) is 0 Å². The van der Waals surface area contributed by atoms with Crippen molar-refractivity contribution in [3.8, 4) is 0 Å². The lowest BCUT2D eigenvalue weighted by Gasteiger charge is -2.32. The SMILES string of the molecule is S=C(NC(=S)NC12CCC(CC1)C2)NC12CCC(CC1)C2. The number of hydrogen-bond acceptors (Lipinski definition) is 2. The van der Waals surface area contributed by atoms with E-state index in [0.29, 0.717) is 0 Å². The number of thiocarbonyl (C=S) groups is 2. The van der Waals surface area contributed by atoms with Crippen LogP contribution in [0, 0.1) is 11.8 Å². The zero-order valence-corrected chi connectivity index (χ0v) is 14.2. The molecule has 4 aliphatic rings. The van der Waals surface area contributed by atoms with Crippen LogP contribution in [0.4, 0.5) is 0 Å². The summed E-state index contributed by atoms with van der Waals surface area (Å²) in [6.07, 6.45) is 13.1. The fourth-order valence-corrected chi connectivity index (χ4v) is 6.08. The van der Waals surface area contributed by atoms with Gasteiger partial charge in [0.25, 0.3) is 0 Å². The summed E-state index contributed by atoms with van der Waals surface area (Å²) in [4.78, 5) is 0. The lowest BCUT2D eigenvalue weighted by Crippen LogP contribution is -2.56. The molecule has 4 aliphatic carbocycles. The number of fused-ring (bicyclic) bond motifs is 4. The maximum atomic E-state index is 5.50. The molecule has 4 fully saturated rings. The maximum absolute atomic E-state index is 5.50. The number of rotatable bonds is 2. The molecule has 0 atom stereocenters. The molecule has 4 rings (SSSR count). The van der Waals surface area contributed by atoms with Crippen LogP contribution in [0.2, 0.25) is 0 Å². The Morgan fingerprint density at radius 3 is 1.38 bits per heavy atom. The second kappa shape index (κ2) is 5.05. The van der Waals surface area contributed by atoms with Gasteiger partial charge in [-0.1, -0.05) is 0 Å². The van der Waals surface area contributed by atoms with Crippen LogP contribution < -0.4 is 16.0 Å². The van der Waals surface area contributed by atoms with Gasteiger partial charge < -0.3 is 16.0 Å². The Balaban J connectivity index is 1.29. The maximum Gasteiger partial charge on any atom is 0.172 e. The van der Waals surface area contributed by atoms with Gasteiger partial charge in [0.05, 0.1) is 0 Å². The fraction of sp³-hybridized carbons (Fsp3) is 0.875. The van der Waals surface area contributed by atoms with Gasteiger partial charge >= 0.3 is 0 Å². The molecule has 0 saturated heterocycles. The molecule has 0 amide bonds. The van der Waals surface area contributed by atoms with E-state index in [-0.39, 0.29) is 11.1 Å². The molecular formula is C16H25N3S2. The van der Waals surface area contributed by atoms with Gasteiger partial charge in [0, 0.05) is 11.1 Å². The summed E-state index contributed by atoms with van der Waals surface area (Å²) in [6, 6.07) is 0. The Hall–Kier alpha value is -0.420. The molecule has 5 heteroatoms. The first-order chi connectivity index (χ1) is 10.1. The monoisotopic (exact) mass is 323 g/mol. The summed E-state index contributed by atoms with van der Waals surface area (Å²) < 4.78 is 0. The van der Waals surface area contributed by atoms with E-state index in [9.17, 15) is 0 Å². The molecule has 0 aromatic carbocycles. The highest BCUT2D eigenvalue weighted by molar-refractivity contribution is 7.81. The minimum absolute atomic E-state index is 0.272. The van der Waals surface area contributed by atoms with Crippen LogP contribution in [0.25, 0.3) is 0 Å². The van der Waals surface area contributed by atoms with E-state index >= 15 is 0 Å². The van der Waals surface area contributed by atoms with Crippen molar-refractivity contribution in [1.82, 2.24) is 16.0 Å². The minimum Gasteiger partial charge on any atom is -0.357 e. The van der Waals surface area contributed by atoms with Gasteiger partial charge in [-0.05, 0) is 100 Å². The third-order valence-corrected chi connectivity index (χ3v) is 6.88. The van der Waals surface area contributed by atoms with Crippen molar-refractivity contribution < 1.29 is 0 Å². The van der Waals surface area contributed by atoms with Gasteiger partial charge in [-0.3, -0.25) is 0 Å². The molecular weight excluding hydrogens is 298 g/mol. The molecule has 0 radical (unpaired) electrons. The average molecular weight is 324 g/mol. The second-order valence-electron chi connectivity index (χ2n) is 7.89. The minimum atomic E-state index is 0.272. The predicted octanol–water partition coefficient (Wildman–Crippen LogP) is 2.99. The summed E-state index contributed by atoms with van der Waals surface area (Å²) in [7, 11) is 0. The van der Waals surface area contributed by atoms with Crippen molar-refractivity contribution in [1.29, 1.82) is 0 Å². The molecule has 0 aromatic heterocycles. The van der Waals surface area contributed by atoms with Crippen LogP contribution >= 0.6 is 24.4 Å². The molecule has 0 aliphatic heterocycles. The van der Waals surface area contributed by atoms with Crippen molar-refractivity contribution in [3.05, 3.63) is 0 Å². The largest absolute Gasteiger partial charge is 0.357 e. The molecule has 0 unspecified atom stereocenters. The zero-order chi connectivity index (χ0) is 14.5. The summed E-state index contributed by atoms with van der Waals surface area (Å²) in [6.45, 7) is 0. The lowest BCUT2D eigenvalue weighted by molar-refractivity contribution is 0.374. The topological polar surface area (TPSA) is 36.1 Å². The van der Waals surface area contributed by atoms with E-state index in [2.05, 4.69) is 16.0 Å². The van der Waals surface area contributed by atoms with Gasteiger partial charge in [0.1, 0.15) is 0 Å². The van der Waals surface area contributed by atoms with E-state index in [0.717, 1.165) is 22.1 Å². The van der Waals surface area contributed by atoms with Gasteiger partial charge in [0.2, 0.25) is 0 Å². The number of hydrogen-bond donors (Lipinski definition) is 3. The van der Waals surface area contributed by atoms with Crippen molar-refractivity contribution in [2.75, 3.05) is 0 Å². The van der Waals surface area contributed by atoms with E-state index in [1.54, 1.807) is 0 Å². The van der Waals surface area contributed by atoms with Gasteiger partial charge in [0.15, 0.2) is 10.2 Å². The summed E-state index contributed by atoms with van der Waals surface area (Å²) in [5.74, 6) is 1.86. The Morgan fingerprint density at radius 1 is 0.714 bits per heavy atom. The van der Waals surface area contributed by atoms with Gasteiger partial charge in [-0.2, -0.15) is 0 Å². The molecule has 3 N–H and O–H groups in total. The molecule has 0 heterocycles. The van der Waals surface area contributed by atoms with Crippen LogP contribution in [-0.4, -0.2) is 21.3 Å². The normalized spacial score (nSPS) is 43.0. The van der Waals surface area contributed by atoms with Crippen molar-refractivity contribution in [2.24, 2.45) is 11.8 Å². The van der Waals surface area contributed by atoms with Gasteiger partial charge in [-0.25, -0.2) is 0 Å². The quantitative estimate of drug-likeness (QED) is 0.681. The first-order valence-corrected chi connectivity index (χ1v) is 9.30. The first-order valence-electron chi connectivity index (χ1n) is 8.48. The Labute approximate surface area is 138 Å². The van der Waals surface area contributed by atoms with Crippen LogP contribution in [0.5, 0.6) is 0 Å². The third-order valence-electron chi connectivity index (χ3n) is 6.47. The predicted molar refractivity (Wildman–Crippen MR) is 93.2 cm³/mol. The van der Waals surface area contributed by atoms with Crippen LogP contribution in [0.15, 0.2) is 0 Å². The summed E-state index contributed by atoms with van der Waals surface area (Å²) in [5.41, 5.74) is 0.545. The highest BCUT2D eigenvalue weighted by Crippen LogP contribution is 2.48. The molecule has 4 saturated carbocycles. The smallest absolute Gasteiger partial charge is 0.172 e. The number of nitrogens with one attached hydrogen (secondary N) is 3. The van der Waals surface area contributed by atoms with E-state index in [1.165, 1.54) is 64.2 Å². The van der Waals surface area contributed by atoms with Crippen LogP contribution in [0.1, 0.15) is 64.2 Å². The van der Waals surface area contributed by atoms with E-state index < -0.39 is 0 Å². The average Bonchev–Trinajstić information content (AvgIpc) is 3.16. The summed E-state index contributed by atoms with van der Waals surface area (Å²) in [5, 5.41) is 11.8. The molecule has 0 spiro atoms. The molecule has 4 bridgehead atoms. The molecule has 116 valence electrons. The molecule has 3 nitrogen and oxygen atoms in total. The van der Waals surface area contributed by atoms with Gasteiger partial charge in [-0.15, -0.1) is 0 Å². The Kier molecular flexibility index (Phi) is 3.41. The van der Waals surface area contributed by atoms with Crippen LogP contribution in [-0.2, 0) is 0 Å². The molecule has 21 heavy (non-hydrogen) atoms. The first kappa shape index (κ1) is 14.2. The van der Waals surface area contributed by atoms with Crippen LogP contribution in [0.3, 0.4) is 0 Å². The Bertz CT molecular complexity index is 418.